The average Bonchev–Trinajstić information content (AvgIpc) is 2.22. The molecule has 0 aliphatic heterocycles. The number of unbranched alkanes of at least 4 members (excludes halogenated alkanes) is 1. The van der Waals surface area contributed by atoms with Gasteiger partial charge in [0.25, 0.3) is 0 Å². The Morgan fingerprint density at radius 3 is 2.43 bits per heavy atom. The fourth-order valence-electron chi connectivity index (χ4n) is 1.49. The molecule has 1 unspecified atom stereocenters. The quantitative estimate of drug-likeness (QED) is 0.646. The van der Waals surface area contributed by atoms with Crippen molar-refractivity contribution in [3.05, 3.63) is 0 Å². The monoisotopic (exact) mass is 201 g/mol. The molecule has 0 radical (unpaired) electrons. The maximum atomic E-state index is 11.5. The lowest BCUT2D eigenvalue weighted by Gasteiger charge is -2.26. The standard InChI is InChI=1S/C11H23NO2/c1-4-6-7-12(8-9-13)10(3)11(14)5-2/h10,13H,4-9H2,1-3H3. The van der Waals surface area contributed by atoms with E-state index in [0.29, 0.717) is 13.0 Å². The number of carbonyl (C=O) groups is 1. The molecule has 84 valence electrons. The zero-order valence-electron chi connectivity index (χ0n) is 9.62. The van der Waals surface area contributed by atoms with Crippen molar-refractivity contribution in [1.29, 1.82) is 0 Å². The van der Waals surface area contributed by atoms with Crippen LogP contribution in [0.5, 0.6) is 0 Å². The molecule has 14 heavy (non-hydrogen) atoms. The van der Waals surface area contributed by atoms with Gasteiger partial charge in [-0.1, -0.05) is 20.3 Å². The Kier molecular flexibility index (Phi) is 7.71. The van der Waals surface area contributed by atoms with Gasteiger partial charge < -0.3 is 5.11 Å². The Morgan fingerprint density at radius 1 is 1.36 bits per heavy atom. The van der Waals surface area contributed by atoms with Crippen LogP contribution in [-0.4, -0.2) is 41.5 Å². The number of hydrogen-bond acceptors (Lipinski definition) is 3. The van der Waals surface area contributed by atoms with Gasteiger partial charge in [0, 0.05) is 13.0 Å². The lowest BCUT2D eigenvalue weighted by atomic mass is 10.1. The molecule has 0 amide bonds. The third kappa shape index (κ3) is 4.72. The third-order valence-corrected chi connectivity index (χ3v) is 2.55. The van der Waals surface area contributed by atoms with Crippen LogP contribution in [0.4, 0.5) is 0 Å². The lowest BCUT2D eigenvalue weighted by Crippen LogP contribution is -2.41. The predicted molar refractivity (Wildman–Crippen MR) is 58.3 cm³/mol. The molecule has 0 aliphatic rings. The van der Waals surface area contributed by atoms with Gasteiger partial charge in [-0.25, -0.2) is 0 Å². The number of ketones is 1. The molecule has 0 saturated carbocycles. The molecule has 0 aromatic rings. The molecule has 0 aromatic carbocycles. The summed E-state index contributed by atoms with van der Waals surface area (Å²) in [6.07, 6.45) is 2.78. The Balaban J connectivity index is 4.09. The van der Waals surface area contributed by atoms with Crippen LogP contribution in [0.1, 0.15) is 40.0 Å². The second kappa shape index (κ2) is 7.94. The van der Waals surface area contributed by atoms with Crippen LogP contribution in [-0.2, 0) is 4.79 Å². The summed E-state index contributed by atoms with van der Waals surface area (Å²) < 4.78 is 0. The van der Waals surface area contributed by atoms with Gasteiger partial charge in [0.1, 0.15) is 5.78 Å². The van der Waals surface area contributed by atoms with Gasteiger partial charge >= 0.3 is 0 Å². The van der Waals surface area contributed by atoms with E-state index in [1.165, 1.54) is 0 Å². The highest BCUT2D eigenvalue weighted by molar-refractivity contribution is 5.83. The summed E-state index contributed by atoms with van der Waals surface area (Å²) in [5, 5.41) is 8.89. The van der Waals surface area contributed by atoms with Gasteiger partial charge in [0.15, 0.2) is 0 Å². The van der Waals surface area contributed by atoms with Gasteiger partial charge in [-0.15, -0.1) is 0 Å². The number of carbonyl (C=O) groups excluding carboxylic acids is 1. The molecular weight excluding hydrogens is 178 g/mol. The molecule has 0 aliphatic carbocycles. The Labute approximate surface area is 87.1 Å². The molecule has 0 rings (SSSR count). The van der Waals surface area contributed by atoms with Crippen LogP contribution in [0, 0.1) is 0 Å². The minimum Gasteiger partial charge on any atom is -0.395 e. The largest absolute Gasteiger partial charge is 0.395 e. The van der Waals surface area contributed by atoms with Crippen molar-refractivity contribution < 1.29 is 9.90 Å². The first-order valence-corrected chi connectivity index (χ1v) is 5.54. The molecule has 0 spiro atoms. The first-order chi connectivity index (χ1) is 6.67. The number of Topliss-reactive ketones (excluding diaryl/α,β-unsaturated/α-hetero) is 1. The van der Waals surface area contributed by atoms with Gasteiger partial charge in [-0.3, -0.25) is 9.69 Å². The highest BCUT2D eigenvalue weighted by Crippen LogP contribution is 2.04. The van der Waals surface area contributed by atoms with Crippen LogP contribution in [0.3, 0.4) is 0 Å². The second-order valence-corrected chi connectivity index (χ2v) is 3.61. The Morgan fingerprint density at radius 2 is 2.00 bits per heavy atom. The van der Waals surface area contributed by atoms with Gasteiger partial charge in [-0.2, -0.15) is 0 Å². The van der Waals surface area contributed by atoms with E-state index in [9.17, 15) is 4.79 Å². The number of hydrogen-bond donors (Lipinski definition) is 1. The minimum atomic E-state index is -0.0429. The number of rotatable bonds is 8. The summed E-state index contributed by atoms with van der Waals surface area (Å²) in [7, 11) is 0. The van der Waals surface area contributed by atoms with Crippen molar-refractivity contribution in [3.63, 3.8) is 0 Å². The second-order valence-electron chi connectivity index (χ2n) is 3.61. The molecule has 3 nitrogen and oxygen atoms in total. The first-order valence-electron chi connectivity index (χ1n) is 5.54. The van der Waals surface area contributed by atoms with Crippen molar-refractivity contribution in [2.45, 2.75) is 46.1 Å². The van der Waals surface area contributed by atoms with E-state index in [1.54, 1.807) is 0 Å². The highest BCUT2D eigenvalue weighted by Gasteiger charge is 2.18. The van der Waals surface area contributed by atoms with Crippen LogP contribution in [0.25, 0.3) is 0 Å². The van der Waals surface area contributed by atoms with Crippen LogP contribution in [0.15, 0.2) is 0 Å². The van der Waals surface area contributed by atoms with E-state index in [4.69, 9.17) is 5.11 Å². The zero-order chi connectivity index (χ0) is 11.0. The normalized spacial score (nSPS) is 13.2. The van der Waals surface area contributed by atoms with Crippen LogP contribution >= 0.6 is 0 Å². The predicted octanol–water partition coefficient (Wildman–Crippen LogP) is 1.45. The summed E-state index contributed by atoms with van der Waals surface area (Å²) >= 11 is 0. The fraction of sp³-hybridized carbons (Fsp3) is 0.909. The van der Waals surface area contributed by atoms with E-state index in [1.807, 2.05) is 13.8 Å². The first kappa shape index (κ1) is 13.6. The van der Waals surface area contributed by atoms with E-state index < -0.39 is 0 Å². The van der Waals surface area contributed by atoms with E-state index in [-0.39, 0.29) is 18.4 Å². The topological polar surface area (TPSA) is 40.5 Å². The molecule has 1 atom stereocenters. The van der Waals surface area contributed by atoms with Gasteiger partial charge in [-0.05, 0) is 19.9 Å². The minimum absolute atomic E-state index is 0.0429. The van der Waals surface area contributed by atoms with E-state index >= 15 is 0 Å². The van der Waals surface area contributed by atoms with Crippen LogP contribution in [0.2, 0.25) is 0 Å². The molecule has 0 saturated heterocycles. The van der Waals surface area contributed by atoms with Gasteiger partial charge in [0.2, 0.25) is 0 Å². The summed E-state index contributed by atoms with van der Waals surface area (Å²) in [5.41, 5.74) is 0. The number of nitrogens with zero attached hydrogens (tertiary/aromatic N) is 1. The average molecular weight is 201 g/mol. The summed E-state index contributed by atoms with van der Waals surface area (Å²) in [5.74, 6) is 0.259. The maximum Gasteiger partial charge on any atom is 0.149 e. The van der Waals surface area contributed by atoms with Crippen molar-refractivity contribution in [1.82, 2.24) is 4.90 Å². The highest BCUT2D eigenvalue weighted by atomic mass is 16.3. The smallest absolute Gasteiger partial charge is 0.149 e. The third-order valence-electron chi connectivity index (χ3n) is 2.55. The van der Waals surface area contributed by atoms with Crippen molar-refractivity contribution in [2.75, 3.05) is 19.7 Å². The summed E-state index contributed by atoms with van der Waals surface area (Å²) in [4.78, 5) is 13.5. The summed E-state index contributed by atoms with van der Waals surface area (Å²) in [6, 6.07) is -0.0429. The molecule has 0 aromatic heterocycles. The number of aliphatic hydroxyl groups excluding tert-OH is 1. The van der Waals surface area contributed by atoms with Crippen molar-refractivity contribution >= 4 is 5.78 Å². The molecule has 0 heterocycles. The SMILES string of the molecule is CCCCN(CCO)C(C)C(=O)CC. The van der Waals surface area contributed by atoms with Gasteiger partial charge in [0.05, 0.1) is 12.6 Å². The van der Waals surface area contributed by atoms with Crippen molar-refractivity contribution in [2.24, 2.45) is 0 Å². The Bertz CT molecular complexity index is 159. The summed E-state index contributed by atoms with van der Waals surface area (Å²) in [6.45, 7) is 7.58. The van der Waals surface area contributed by atoms with Crippen molar-refractivity contribution in [3.8, 4) is 0 Å². The van der Waals surface area contributed by atoms with E-state index in [0.717, 1.165) is 19.4 Å². The lowest BCUT2D eigenvalue weighted by molar-refractivity contribution is -0.123. The fourth-order valence-corrected chi connectivity index (χ4v) is 1.49. The van der Waals surface area contributed by atoms with Crippen LogP contribution < -0.4 is 0 Å². The maximum absolute atomic E-state index is 11.5. The molecule has 0 fully saturated rings. The zero-order valence-corrected chi connectivity index (χ0v) is 9.62. The Hall–Kier alpha value is -0.410. The van der Waals surface area contributed by atoms with E-state index in [2.05, 4.69) is 11.8 Å². The number of aliphatic hydroxyl groups is 1. The molecular formula is C11H23NO2. The molecule has 3 heteroatoms. The molecule has 0 bridgehead atoms. The molecule has 1 N–H and O–H groups in total.